The van der Waals surface area contributed by atoms with E-state index in [1.54, 1.807) is 0 Å². The predicted octanol–water partition coefficient (Wildman–Crippen LogP) is 0.161. The normalized spacial score (nSPS) is 23.1. The molecule has 0 unspecified atom stereocenters. The lowest BCUT2D eigenvalue weighted by atomic mass is 9.72. The second-order valence-corrected chi connectivity index (χ2v) is 5.98. The average Bonchev–Trinajstić information content (AvgIpc) is 2.56. The van der Waals surface area contributed by atoms with Crippen LogP contribution in [0.4, 0.5) is 0 Å². The van der Waals surface area contributed by atoms with E-state index in [0.29, 0.717) is 11.8 Å². The summed E-state index contributed by atoms with van der Waals surface area (Å²) in [5, 5.41) is 2.48. The van der Waals surface area contributed by atoms with Crippen LogP contribution in [0.5, 0.6) is 0 Å². The predicted molar refractivity (Wildman–Crippen MR) is 83.8 cm³/mol. The molecule has 2 aromatic carbocycles. The number of hydrogen-bond acceptors (Lipinski definition) is 0. The van der Waals surface area contributed by atoms with Crippen molar-refractivity contribution in [3.63, 3.8) is 0 Å². The molecule has 0 saturated carbocycles. The molecule has 2 N–H and O–H groups in total. The number of quaternary nitrogens is 1. The molecule has 0 radical (unpaired) electrons. The molecule has 3 rings (SSSR count). The lowest BCUT2D eigenvalue weighted by molar-refractivity contribution is -0.667. The van der Waals surface area contributed by atoms with Gasteiger partial charge in [-0.3, -0.25) is 0 Å². The Morgan fingerprint density at radius 2 is 1.57 bits per heavy atom. The van der Waals surface area contributed by atoms with Gasteiger partial charge in [-0.1, -0.05) is 67.6 Å². The molecule has 1 nitrogen and oxygen atoms in total. The molecule has 1 fully saturated rings. The lowest BCUT2D eigenvalue weighted by Crippen LogP contribution is -3.00. The van der Waals surface area contributed by atoms with Gasteiger partial charge in [-0.15, -0.1) is 0 Å². The van der Waals surface area contributed by atoms with Crippen molar-refractivity contribution in [2.75, 3.05) is 13.1 Å². The number of piperidine rings is 1. The van der Waals surface area contributed by atoms with Crippen molar-refractivity contribution in [2.45, 2.75) is 25.2 Å². The van der Waals surface area contributed by atoms with Crippen LogP contribution in [0.3, 0.4) is 0 Å². The first-order valence-electron chi connectivity index (χ1n) is 7.78. The molecule has 21 heavy (non-hydrogen) atoms. The molecule has 0 bridgehead atoms. The van der Waals surface area contributed by atoms with Gasteiger partial charge in [-0.2, -0.15) is 0 Å². The van der Waals surface area contributed by atoms with E-state index in [-0.39, 0.29) is 12.4 Å². The van der Waals surface area contributed by atoms with Crippen LogP contribution in [-0.4, -0.2) is 13.1 Å². The molecular formula is C19H24ClN. The van der Waals surface area contributed by atoms with Gasteiger partial charge in [-0.25, -0.2) is 0 Å². The fourth-order valence-electron chi connectivity index (χ4n) is 3.67. The molecule has 2 aromatic rings. The summed E-state index contributed by atoms with van der Waals surface area (Å²) in [4.78, 5) is 0. The Labute approximate surface area is 134 Å². The molecule has 1 saturated heterocycles. The second kappa shape index (κ2) is 7.63. The lowest BCUT2D eigenvalue weighted by Gasteiger charge is -2.34. The Hall–Kier alpha value is -1.31. The maximum Gasteiger partial charge on any atom is 0.0827 e. The van der Waals surface area contributed by atoms with E-state index in [2.05, 4.69) is 72.9 Å². The Morgan fingerprint density at radius 1 is 0.952 bits per heavy atom. The first-order chi connectivity index (χ1) is 9.86. The van der Waals surface area contributed by atoms with Gasteiger partial charge in [0.1, 0.15) is 0 Å². The molecule has 3 atom stereocenters. The van der Waals surface area contributed by atoms with Crippen molar-refractivity contribution >= 4 is 0 Å². The van der Waals surface area contributed by atoms with E-state index < -0.39 is 0 Å². The van der Waals surface area contributed by atoms with E-state index in [9.17, 15) is 0 Å². The maximum atomic E-state index is 2.48. The molecule has 1 aliphatic heterocycles. The zero-order chi connectivity index (χ0) is 13.8. The third-order valence-electron chi connectivity index (χ3n) is 4.84. The van der Waals surface area contributed by atoms with Crippen LogP contribution in [-0.2, 0) is 0 Å². The number of hydrogen-bond donors (Lipinski definition) is 1. The number of benzene rings is 2. The van der Waals surface area contributed by atoms with E-state index in [4.69, 9.17) is 0 Å². The third kappa shape index (κ3) is 3.66. The highest BCUT2D eigenvalue weighted by Gasteiger charge is 2.33. The van der Waals surface area contributed by atoms with E-state index in [0.717, 1.165) is 5.92 Å². The number of rotatable bonds is 3. The molecule has 0 aromatic heterocycles. The Kier molecular flexibility index (Phi) is 5.84. The fourth-order valence-corrected chi connectivity index (χ4v) is 3.67. The highest BCUT2D eigenvalue weighted by atomic mass is 35.5. The summed E-state index contributed by atoms with van der Waals surface area (Å²) in [5.74, 6) is 2.07. The Bertz CT molecular complexity index is 526. The summed E-state index contributed by atoms with van der Waals surface area (Å²) in [5.41, 5.74) is 3.00. The topological polar surface area (TPSA) is 16.6 Å². The molecule has 1 heterocycles. The zero-order valence-electron chi connectivity index (χ0n) is 12.6. The van der Waals surface area contributed by atoms with Gasteiger partial charge in [0.15, 0.2) is 0 Å². The van der Waals surface area contributed by atoms with Crippen molar-refractivity contribution in [1.29, 1.82) is 0 Å². The van der Waals surface area contributed by atoms with Gasteiger partial charge >= 0.3 is 0 Å². The summed E-state index contributed by atoms with van der Waals surface area (Å²) in [6.07, 6.45) is 1.32. The van der Waals surface area contributed by atoms with Gasteiger partial charge in [0.2, 0.25) is 0 Å². The smallest absolute Gasteiger partial charge is 0.0827 e. The van der Waals surface area contributed by atoms with Crippen LogP contribution in [0.2, 0.25) is 0 Å². The molecule has 2 heteroatoms. The van der Waals surface area contributed by atoms with Crippen LogP contribution in [0.15, 0.2) is 60.7 Å². The van der Waals surface area contributed by atoms with Crippen molar-refractivity contribution in [2.24, 2.45) is 5.92 Å². The van der Waals surface area contributed by atoms with Gasteiger partial charge in [-0.05, 0) is 23.0 Å². The van der Waals surface area contributed by atoms with Crippen molar-refractivity contribution in [3.05, 3.63) is 71.8 Å². The highest BCUT2D eigenvalue weighted by Crippen LogP contribution is 2.38. The number of nitrogens with two attached hydrogens (primary N) is 1. The van der Waals surface area contributed by atoms with Crippen molar-refractivity contribution < 1.29 is 17.7 Å². The minimum Gasteiger partial charge on any atom is -1.00 e. The van der Waals surface area contributed by atoms with Gasteiger partial charge in [0, 0.05) is 12.3 Å². The Balaban J connectivity index is 0.00000161. The van der Waals surface area contributed by atoms with Crippen LogP contribution in [0, 0.1) is 5.92 Å². The van der Waals surface area contributed by atoms with Gasteiger partial charge in [0.05, 0.1) is 13.1 Å². The van der Waals surface area contributed by atoms with Crippen LogP contribution >= 0.6 is 0 Å². The summed E-state index contributed by atoms with van der Waals surface area (Å²) in [7, 11) is 0. The molecule has 112 valence electrons. The van der Waals surface area contributed by atoms with Crippen molar-refractivity contribution in [3.8, 4) is 0 Å². The van der Waals surface area contributed by atoms with E-state index in [1.165, 1.54) is 30.6 Å². The molecule has 0 spiro atoms. The fraction of sp³-hybridized carbons (Fsp3) is 0.368. The third-order valence-corrected chi connectivity index (χ3v) is 4.84. The molecular weight excluding hydrogens is 278 g/mol. The first-order valence-corrected chi connectivity index (χ1v) is 7.78. The largest absolute Gasteiger partial charge is 1.00 e. The summed E-state index contributed by atoms with van der Waals surface area (Å²) in [6.45, 7) is 4.90. The van der Waals surface area contributed by atoms with Crippen LogP contribution in [0.25, 0.3) is 0 Å². The van der Waals surface area contributed by atoms with E-state index >= 15 is 0 Å². The zero-order valence-corrected chi connectivity index (χ0v) is 13.3. The van der Waals surface area contributed by atoms with Crippen molar-refractivity contribution in [1.82, 2.24) is 0 Å². The maximum absolute atomic E-state index is 2.48. The number of halogens is 1. The SMILES string of the molecule is C[C@@H](c1ccccc1)[C@@H]1CC[NH2+]C[C@@H]1c1ccccc1.[Cl-]. The Morgan fingerprint density at radius 3 is 2.24 bits per heavy atom. The van der Waals surface area contributed by atoms with Gasteiger partial charge in [0.25, 0.3) is 0 Å². The highest BCUT2D eigenvalue weighted by molar-refractivity contribution is 5.25. The average molecular weight is 302 g/mol. The monoisotopic (exact) mass is 301 g/mol. The molecule has 1 aliphatic rings. The minimum absolute atomic E-state index is 0. The summed E-state index contributed by atoms with van der Waals surface area (Å²) in [6, 6.07) is 22.1. The quantitative estimate of drug-likeness (QED) is 0.832. The van der Waals surface area contributed by atoms with Crippen LogP contribution in [0.1, 0.15) is 36.3 Å². The van der Waals surface area contributed by atoms with Crippen LogP contribution < -0.4 is 17.7 Å². The summed E-state index contributed by atoms with van der Waals surface area (Å²) >= 11 is 0. The second-order valence-electron chi connectivity index (χ2n) is 5.98. The molecule has 0 aliphatic carbocycles. The summed E-state index contributed by atoms with van der Waals surface area (Å²) < 4.78 is 0. The minimum atomic E-state index is 0. The standard InChI is InChI=1S/C19H23N.ClH/c1-15(16-8-4-2-5-9-16)18-12-13-20-14-19(18)17-10-6-3-7-11-17;/h2-11,15,18-20H,12-14H2,1H3;1H/t15-,18-,19+;/m0./s1. The van der Waals surface area contributed by atoms with Gasteiger partial charge < -0.3 is 17.7 Å². The van der Waals surface area contributed by atoms with E-state index in [1.807, 2.05) is 0 Å². The molecule has 0 amide bonds. The first kappa shape index (κ1) is 16.1.